The third-order valence-corrected chi connectivity index (χ3v) is 4.96. The van der Waals surface area contributed by atoms with Crippen LogP contribution in [0.3, 0.4) is 0 Å². The maximum atomic E-state index is 13.2. The summed E-state index contributed by atoms with van der Waals surface area (Å²) >= 11 is 0. The molecule has 5 rings (SSSR count). The maximum Gasteiger partial charge on any atom is 0.224 e. The fourth-order valence-electron chi connectivity index (χ4n) is 3.50. The number of H-pyrrole nitrogens is 1. The zero-order valence-corrected chi connectivity index (χ0v) is 15.0. The third-order valence-electron chi connectivity index (χ3n) is 4.96. The summed E-state index contributed by atoms with van der Waals surface area (Å²) in [6.45, 7) is 1.18. The van der Waals surface area contributed by atoms with E-state index in [1.165, 1.54) is 12.1 Å². The number of halogens is 1. The van der Waals surface area contributed by atoms with Gasteiger partial charge >= 0.3 is 0 Å². The fraction of sp³-hybridized carbons (Fsp3) is 0.200. The number of nitrogens with one attached hydrogen (secondary N) is 1. The maximum absolute atomic E-state index is 13.2. The molecule has 0 atom stereocenters. The molecule has 0 aliphatic carbocycles. The number of hydrogen-bond donors (Lipinski definition) is 1. The summed E-state index contributed by atoms with van der Waals surface area (Å²) in [5.41, 5.74) is 3.31. The smallest absolute Gasteiger partial charge is 0.224 e. The monoisotopic (exact) mass is 376 g/mol. The molecule has 1 N–H and O–H groups in total. The first-order valence-electron chi connectivity index (χ1n) is 9.09. The van der Waals surface area contributed by atoms with Gasteiger partial charge < -0.3 is 4.90 Å². The molecule has 1 aliphatic rings. The first-order valence-corrected chi connectivity index (χ1v) is 9.09. The SMILES string of the molecule is O=C1CCCN1Cn1cnc(-c2ccc3[nH]nc(-c4ccc(F)cc4)c3c2)n1. The second kappa shape index (κ2) is 6.56. The van der Waals surface area contributed by atoms with Crippen molar-refractivity contribution in [3.05, 3.63) is 54.6 Å². The van der Waals surface area contributed by atoms with Gasteiger partial charge in [0.1, 0.15) is 18.8 Å². The van der Waals surface area contributed by atoms with Gasteiger partial charge in [0, 0.05) is 29.5 Å². The Kier molecular flexibility index (Phi) is 3.89. The quantitative estimate of drug-likeness (QED) is 0.593. The molecule has 8 heteroatoms. The molecular weight excluding hydrogens is 359 g/mol. The molecular formula is C20H17FN6O. The van der Waals surface area contributed by atoms with Gasteiger partial charge in [0.2, 0.25) is 5.91 Å². The van der Waals surface area contributed by atoms with Crippen molar-refractivity contribution in [1.29, 1.82) is 0 Å². The van der Waals surface area contributed by atoms with Crippen molar-refractivity contribution in [2.45, 2.75) is 19.5 Å². The molecule has 0 unspecified atom stereocenters. The number of carbonyl (C=O) groups excluding carboxylic acids is 1. The van der Waals surface area contributed by atoms with Gasteiger partial charge in [0.15, 0.2) is 5.82 Å². The van der Waals surface area contributed by atoms with Crippen LogP contribution in [-0.2, 0) is 11.5 Å². The van der Waals surface area contributed by atoms with Crippen molar-refractivity contribution in [2.75, 3.05) is 6.54 Å². The molecule has 1 fully saturated rings. The van der Waals surface area contributed by atoms with Crippen molar-refractivity contribution in [3.63, 3.8) is 0 Å². The number of fused-ring (bicyclic) bond motifs is 1. The molecule has 1 saturated heterocycles. The third kappa shape index (κ3) is 2.92. The number of rotatable bonds is 4. The minimum atomic E-state index is -0.282. The Morgan fingerprint density at radius 2 is 1.93 bits per heavy atom. The van der Waals surface area contributed by atoms with Crippen LogP contribution in [0.4, 0.5) is 4.39 Å². The summed E-state index contributed by atoms with van der Waals surface area (Å²) in [5.74, 6) is 0.455. The molecule has 0 saturated carbocycles. The van der Waals surface area contributed by atoms with E-state index in [2.05, 4.69) is 20.3 Å². The molecule has 0 spiro atoms. The highest BCUT2D eigenvalue weighted by molar-refractivity contribution is 5.95. The number of nitrogens with zero attached hydrogens (tertiary/aromatic N) is 5. The molecule has 0 bridgehead atoms. The summed E-state index contributed by atoms with van der Waals surface area (Å²) in [5, 5.41) is 12.8. The van der Waals surface area contributed by atoms with Crippen LogP contribution >= 0.6 is 0 Å². The van der Waals surface area contributed by atoms with Crippen LogP contribution < -0.4 is 0 Å². The summed E-state index contributed by atoms with van der Waals surface area (Å²) in [7, 11) is 0. The number of likely N-dealkylation sites (tertiary alicyclic amines) is 1. The van der Waals surface area contributed by atoms with E-state index in [0.29, 0.717) is 18.9 Å². The normalized spacial score (nSPS) is 14.3. The van der Waals surface area contributed by atoms with E-state index in [0.717, 1.165) is 40.7 Å². The van der Waals surface area contributed by atoms with Crippen LogP contribution in [0, 0.1) is 5.82 Å². The Morgan fingerprint density at radius 1 is 1.11 bits per heavy atom. The van der Waals surface area contributed by atoms with Crippen molar-refractivity contribution in [3.8, 4) is 22.6 Å². The Hall–Kier alpha value is -3.55. The van der Waals surface area contributed by atoms with E-state index in [9.17, 15) is 9.18 Å². The molecule has 2 aromatic heterocycles. The largest absolute Gasteiger partial charge is 0.323 e. The number of carbonyl (C=O) groups is 1. The zero-order valence-electron chi connectivity index (χ0n) is 15.0. The molecule has 0 radical (unpaired) electrons. The lowest BCUT2D eigenvalue weighted by Crippen LogP contribution is -2.27. The first-order chi connectivity index (χ1) is 13.7. The molecule has 4 aromatic rings. The summed E-state index contributed by atoms with van der Waals surface area (Å²) in [4.78, 5) is 18.0. The van der Waals surface area contributed by atoms with Crippen molar-refractivity contribution < 1.29 is 9.18 Å². The topological polar surface area (TPSA) is 79.7 Å². The highest BCUT2D eigenvalue weighted by Crippen LogP contribution is 2.29. The number of aromatic amines is 1. The molecule has 1 aliphatic heterocycles. The van der Waals surface area contributed by atoms with Crippen molar-refractivity contribution >= 4 is 16.8 Å². The highest BCUT2D eigenvalue weighted by atomic mass is 19.1. The van der Waals surface area contributed by atoms with Crippen LogP contribution in [0.2, 0.25) is 0 Å². The lowest BCUT2D eigenvalue weighted by Gasteiger charge is -2.14. The second-order valence-corrected chi connectivity index (χ2v) is 6.85. The number of amides is 1. The van der Waals surface area contributed by atoms with Gasteiger partial charge in [0.25, 0.3) is 0 Å². The van der Waals surface area contributed by atoms with E-state index < -0.39 is 0 Å². The van der Waals surface area contributed by atoms with E-state index >= 15 is 0 Å². The first kappa shape index (κ1) is 16.6. The van der Waals surface area contributed by atoms with Crippen LogP contribution in [0.5, 0.6) is 0 Å². The Labute approximate surface area is 159 Å². The van der Waals surface area contributed by atoms with Crippen LogP contribution in [0.15, 0.2) is 48.8 Å². The van der Waals surface area contributed by atoms with Crippen molar-refractivity contribution in [2.24, 2.45) is 0 Å². The average molecular weight is 376 g/mol. The summed E-state index contributed by atoms with van der Waals surface area (Å²) in [6, 6.07) is 12.1. The Bertz CT molecular complexity index is 1160. The predicted molar refractivity (Wildman–Crippen MR) is 101 cm³/mol. The highest BCUT2D eigenvalue weighted by Gasteiger charge is 2.20. The van der Waals surface area contributed by atoms with Gasteiger partial charge in [-0.2, -0.15) is 5.10 Å². The summed E-state index contributed by atoms with van der Waals surface area (Å²) in [6.07, 6.45) is 3.13. The lowest BCUT2D eigenvalue weighted by molar-refractivity contribution is -0.129. The second-order valence-electron chi connectivity index (χ2n) is 6.85. The van der Waals surface area contributed by atoms with Crippen LogP contribution in [-0.4, -0.2) is 42.3 Å². The summed E-state index contributed by atoms with van der Waals surface area (Å²) < 4.78 is 14.9. The van der Waals surface area contributed by atoms with Crippen LogP contribution in [0.25, 0.3) is 33.5 Å². The van der Waals surface area contributed by atoms with Crippen LogP contribution in [0.1, 0.15) is 12.8 Å². The number of aromatic nitrogens is 5. The zero-order chi connectivity index (χ0) is 19.1. The Morgan fingerprint density at radius 3 is 2.71 bits per heavy atom. The van der Waals surface area contributed by atoms with E-state index in [-0.39, 0.29) is 11.7 Å². The molecule has 28 heavy (non-hydrogen) atoms. The fourth-order valence-corrected chi connectivity index (χ4v) is 3.50. The minimum Gasteiger partial charge on any atom is -0.323 e. The van der Waals surface area contributed by atoms with E-state index in [1.54, 1.807) is 28.0 Å². The van der Waals surface area contributed by atoms with Gasteiger partial charge in [-0.1, -0.05) is 0 Å². The van der Waals surface area contributed by atoms with Gasteiger partial charge in [-0.25, -0.2) is 14.1 Å². The lowest BCUT2D eigenvalue weighted by atomic mass is 10.1. The molecule has 7 nitrogen and oxygen atoms in total. The standard InChI is InChI=1S/C20H17FN6O/c21-15-6-3-13(4-7-15)19-16-10-14(5-8-17(16)23-24-19)20-22-11-27(25-20)12-26-9-1-2-18(26)28/h3-8,10-11H,1-2,9,12H2,(H,23,24). The molecule has 2 aromatic carbocycles. The molecule has 3 heterocycles. The van der Waals surface area contributed by atoms with E-state index in [4.69, 9.17) is 0 Å². The number of hydrogen-bond acceptors (Lipinski definition) is 4. The average Bonchev–Trinajstić information content (AvgIpc) is 3.43. The number of benzene rings is 2. The molecule has 1 amide bonds. The predicted octanol–water partition coefficient (Wildman–Crippen LogP) is 3.21. The Balaban J connectivity index is 1.47. The van der Waals surface area contributed by atoms with Gasteiger partial charge in [-0.15, -0.1) is 5.10 Å². The van der Waals surface area contributed by atoms with E-state index in [1.807, 2.05) is 18.2 Å². The minimum absolute atomic E-state index is 0.154. The molecule has 140 valence electrons. The van der Waals surface area contributed by atoms with Crippen molar-refractivity contribution in [1.82, 2.24) is 29.9 Å². The van der Waals surface area contributed by atoms with Gasteiger partial charge in [-0.05, 0) is 48.9 Å². The van der Waals surface area contributed by atoms with Gasteiger partial charge in [0.05, 0.1) is 11.2 Å². The van der Waals surface area contributed by atoms with Gasteiger partial charge in [-0.3, -0.25) is 9.89 Å².